The number of aliphatic hydroxyl groups is 1. The van der Waals surface area contributed by atoms with Gasteiger partial charge in [-0.2, -0.15) is 0 Å². The van der Waals surface area contributed by atoms with Crippen molar-refractivity contribution in [3.8, 4) is 17.2 Å². The molecule has 0 radical (unpaired) electrons. The first kappa shape index (κ1) is 21.4. The third kappa shape index (κ3) is 5.66. The number of para-hydroxylation sites is 1. The summed E-state index contributed by atoms with van der Waals surface area (Å²) >= 11 is 0. The molecule has 1 amide bonds. The lowest BCUT2D eigenvalue weighted by molar-refractivity contribution is -0.117. The largest absolute Gasteiger partial charge is 0.497 e. The number of piperazine rings is 1. The van der Waals surface area contributed by atoms with Crippen LogP contribution in [0.25, 0.3) is 0 Å². The summed E-state index contributed by atoms with van der Waals surface area (Å²) in [6, 6.07) is 14.9. The number of aliphatic hydroxyl groups excluding tert-OH is 1. The van der Waals surface area contributed by atoms with Crippen LogP contribution in [-0.2, 0) is 4.79 Å². The maximum Gasteiger partial charge on any atom is 0.238 e. The fourth-order valence-corrected chi connectivity index (χ4v) is 3.82. The number of amides is 1. The minimum Gasteiger partial charge on any atom is -0.497 e. The maximum absolute atomic E-state index is 12.2. The number of nitrogens with one attached hydrogen (secondary N) is 1. The molecule has 0 bridgehead atoms. The molecule has 2 aromatic carbocycles. The number of β-amino-alcohol motifs (C(OH)–C–C–N with tert-alkyl or cyclic N) is 1. The second-order valence-corrected chi connectivity index (χ2v) is 7.84. The molecule has 2 unspecified atom stereocenters. The third-order valence-corrected chi connectivity index (χ3v) is 5.60. The Morgan fingerprint density at radius 2 is 1.87 bits per heavy atom. The highest BCUT2D eigenvalue weighted by Crippen LogP contribution is 2.35. The second kappa shape index (κ2) is 10.00. The highest BCUT2D eigenvalue weighted by atomic mass is 16.6. The summed E-state index contributed by atoms with van der Waals surface area (Å²) in [5.74, 6) is 1.94. The second-order valence-electron chi connectivity index (χ2n) is 7.84. The molecule has 8 nitrogen and oxygen atoms in total. The van der Waals surface area contributed by atoms with E-state index in [0.29, 0.717) is 36.9 Å². The number of anilines is 1. The highest BCUT2D eigenvalue weighted by Gasteiger charge is 2.30. The van der Waals surface area contributed by atoms with Crippen LogP contribution in [0, 0.1) is 0 Å². The topological polar surface area (TPSA) is 83.5 Å². The molecule has 2 aliphatic heterocycles. The first-order valence-corrected chi connectivity index (χ1v) is 10.6. The molecule has 2 aliphatic rings. The van der Waals surface area contributed by atoms with Crippen molar-refractivity contribution in [1.29, 1.82) is 0 Å². The number of hydrogen-bond acceptors (Lipinski definition) is 7. The van der Waals surface area contributed by atoms with Crippen LogP contribution in [0.1, 0.15) is 0 Å². The Morgan fingerprint density at radius 1 is 1.13 bits per heavy atom. The molecule has 0 saturated carbocycles. The Hall–Kier alpha value is -2.81. The summed E-state index contributed by atoms with van der Waals surface area (Å²) in [5, 5.41) is 13.6. The van der Waals surface area contributed by atoms with Crippen LogP contribution in [0.4, 0.5) is 5.69 Å². The van der Waals surface area contributed by atoms with Gasteiger partial charge in [0.25, 0.3) is 0 Å². The number of fused-ring (bicyclic) bond motifs is 1. The number of ether oxygens (including phenoxy) is 3. The van der Waals surface area contributed by atoms with Crippen LogP contribution >= 0.6 is 0 Å². The molecule has 31 heavy (non-hydrogen) atoms. The van der Waals surface area contributed by atoms with Gasteiger partial charge in [-0.3, -0.25) is 14.6 Å². The third-order valence-electron chi connectivity index (χ3n) is 5.60. The molecule has 1 fully saturated rings. The van der Waals surface area contributed by atoms with Gasteiger partial charge in [0.15, 0.2) is 17.6 Å². The lowest BCUT2D eigenvalue weighted by Crippen LogP contribution is -2.53. The molecule has 4 rings (SSSR count). The number of carbonyl (C=O) groups is 1. The maximum atomic E-state index is 12.2. The standard InChI is InChI=1S/C23H29N3O5/c1-29-18-7-8-20-21(13-18)30-16-22(31-20)19(27)14-25-9-11-26(12-10-25)15-23(28)24-17-5-3-2-4-6-17/h2-8,13,19,22,27H,9-12,14-16H2,1H3,(H,24,28). The van der Waals surface area contributed by atoms with Crippen molar-refractivity contribution in [1.82, 2.24) is 9.80 Å². The summed E-state index contributed by atoms with van der Waals surface area (Å²) in [7, 11) is 1.60. The molecule has 2 heterocycles. The molecular weight excluding hydrogens is 398 g/mol. The van der Waals surface area contributed by atoms with E-state index in [9.17, 15) is 9.90 Å². The number of nitrogens with zero attached hydrogens (tertiary/aromatic N) is 2. The highest BCUT2D eigenvalue weighted by molar-refractivity contribution is 5.92. The van der Waals surface area contributed by atoms with Crippen molar-refractivity contribution in [3.05, 3.63) is 48.5 Å². The van der Waals surface area contributed by atoms with E-state index in [0.717, 1.165) is 31.9 Å². The summed E-state index contributed by atoms with van der Waals surface area (Å²) < 4.78 is 16.9. The quantitative estimate of drug-likeness (QED) is 0.692. The number of hydrogen-bond donors (Lipinski definition) is 2. The van der Waals surface area contributed by atoms with Crippen molar-refractivity contribution >= 4 is 11.6 Å². The SMILES string of the molecule is COc1ccc2c(c1)OCC(C(O)CN1CCN(CC(=O)Nc3ccccc3)CC1)O2. The summed E-state index contributed by atoms with van der Waals surface area (Å²) in [6.45, 7) is 4.29. The lowest BCUT2D eigenvalue weighted by atomic mass is 10.1. The summed E-state index contributed by atoms with van der Waals surface area (Å²) in [5.41, 5.74) is 0.809. The Balaban J connectivity index is 1.20. The molecule has 8 heteroatoms. The van der Waals surface area contributed by atoms with Gasteiger partial charge in [0.05, 0.1) is 13.7 Å². The van der Waals surface area contributed by atoms with Gasteiger partial charge in [0, 0.05) is 44.5 Å². The van der Waals surface area contributed by atoms with E-state index in [4.69, 9.17) is 14.2 Å². The average molecular weight is 428 g/mol. The van der Waals surface area contributed by atoms with Gasteiger partial charge in [-0.15, -0.1) is 0 Å². The predicted octanol–water partition coefficient (Wildman–Crippen LogP) is 1.45. The summed E-state index contributed by atoms with van der Waals surface area (Å²) in [6.07, 6.45) is -1.08. The Kier molecular flexibility index (Phi) is 6.91. The Bertz CT molecular complexity index is 871. The van der Waals surface area contributed by atoms with E-state index in [-0.39, 0.29) is 5.91 Å². The van der Waals surface area contributed by atoms with E-state index >= 15 is 0 Å². The van der Waals surface area contributed by atoms with Gasteiger partial charge < -0.3 is 24.6 Å². The predicted molar refractivity (Wildman–Crippen MR) is 117 cm³/mol. The minimum atomic E-state index is -0.664. The van der Waals surface area contributed by atoms with Crippen molar-refractivity contribution in [2.45, 2.75) is 12.2 Å². The van der Waals surface area contributed by atoms with Gasteiger partial charge in [-0.25, -0.2) is 0 Å². The first-order valence-electron chi connectivity index (χ1n) is 10.6. The molecule has 0 spiro atoms. The summed E-state index contributed by atoms with van der Waals surface area (Å²) in [4.78, 5) is 16.6. The van der Waals surface area contributed by atoms with E-state index in [2.05, 4.69) is 15.1 Å². The normalized spacial score (nSPS) is 20.1. The number of methoxy groups -OCH3 is 1. The van der Waals surface area contributed by atoms with E-state index in [1.807, 2.05) is 36.4 Å². The molecular formula is C23H29N3O5. The average Bonchev–Trinajstić information content (AvgIpc) is 2.80. The minimum absolute atomic E-state index is 0.0114. The number of benzene rings is 2. The van der Waals surface area contributed by atoms with Crippen LogP contribution in [0.5, 0.6) is 17.2 Å². The molecule has 2 N–H and O–H groups in total. The van der Waals surface area contributed by atoms with Gasteiger partial charge in [-0.1, -0.05) is 18.2 Å². The van der Waals surface area contributed by atoms with Gasteiger partial charge in [0.1, 0.15) is 18.5 Å². The number of carbonyl (C=O) groups excluding carboxylic acids is 1. The van der Waals surface area contributed by atoms with Crippen LogP contribution in [-0.4, -0.2) is 86.0 Å². The van der Waals surface area contributed by atoms with Crippen LogP contribution in [0.3, 0.4) is 0 Å². The van der Waals surface area contributed by atoms with Crippen molar-refractivity contribution in [2.24, 2.45) is 0 Å². The van der Waals surface area contributed by atoms with E-state index < -0.39 is 12.2 Å². The molecule has 0 aliphatic carbocycles. The van der Waals surface area contributed by atoms with E-state index in [1.54, 1.807) is 19.2 Å². The van der Waals surface area contributed by atoms with Crippen LogP contribution < -0.4 is 19.5 Å². The van der Waals surface area contributed by atoms with Gasteiger partial charge in [-0.05, 0) is 24.3 Å². The van der Waals surface area contributed by atoms with Crippen LogP contribution in [0.15, 0.2) is 48.5 Å². The Labute approximate surface area is 182 Å². The molecule has 1 saturated heterocycles. The lowest BCUT2D eigenvalue weighted by Gasteiger charge is -2.37. The van der Waals surface area contributed by atoms with Crippen molar-refractivity contribution in [3.63, 3.8) is 0 Å². The molecule has 2 atom stereocenters. The molecule has 2 aromatic rings. The monoisotopic (exact) mass is 427 g/mol. The van der Waals surface area contributed by atoms with Crippen LogP contribution in [0.2, 0.25) is 0 Å². The van der Waals surface area contributed by atoms with Crippen molar-refractivity contribution in [2.75, 3.05) is 58.3 Å². The zero-order chi connectivity index (χ0) is 21.6. The number of rotatable bonds is 7. The van der Waals surface area contributed by atoms with Crippen molar-refractivity contribution < 1.29 is 24.1 Å². The van der Waals surface area contributed by atoms with E-state index in [1.165, 1.54) is 0 Å². The fraction of sp³-hybridized carbons (Fsp3) is 0.435. The smallest absolute Gasteiger partial charge is 0.238 e. The zero-order valence-corrected chi connectivity index (χ0v) is 17.7. The van der Waals surface area contributed by atoms with Gasteiger partial charge >= 0.3 is 0 Å². The zero-order valence-electron chi connectivity index (χ0n) is 17.7. The van der Waals surface area contributed by atoms with Gasteiger partial charge in [0.2, 0.25) is 5.91 Å². The fourth-order valence-electron chi connectivity index (χ4n) is 3.82. The first-order chi connectivity index (χ1) is 15.1. The molecule has 0 aromatic heterocycles. The molecule has 166 valence electrons. The Morgan fingerprint density at radius 3 is 2.61 bits per heavy atom.